The third-order valence-corrected chi connectivity index (χ3v) is 5.43. The van der Waals surface area contributed by atoms with Crippen LogP contribution in [0.4, 0.5) is 5.69 Å². The predicted octanol–water partition coefficient (Wildman–Crippen LogP) is 7.49. The maximum atomic E-state index is 6.20. The second-order valence-electron chi connectivity index (χ2n) is 6.89. The third kappa shape index (κ3) is 4.75. The molecule has 0 saturated heterocycles. The van der Waals surface area contributed by atoms with Crippen LogP contribution in [0.2, 0.25) is 0 Å². The Bertz CT molecular complexity index is 1140. The summed E-state index contributed by atoms with van der Waals surface area (Å²) >= 11 is 3.55. The number of fused-ring (bicyclic) bond motifs is 1. The van der Waals surface area contributed by atoms with Crippen molar-refractivity contribution in [1.29, 1.82) is 0 Å². The molecule has 0 bridgehead atoms. The largest absolute Gasteiger partial charge is 0.488 e. The molecule has 29 heavy (non-hydrogen) atoms. The summed E-state index contributed by atoms with van der Waals surface area (Å²) in [6.07, 6.45) is 2.89. The molecule has 0 aliphatic rings. The van der Waals surface area contributed by atoms with Gasteiger partial charge in [-0.05, 0) is 58.7 Å². The lowest BCUT2D eigenvalue weighted by Crippen LogP contribution is -1.99. The first-order valence-corrected chi connectivity index (χ1v) is 10.5. The highest BCUT2D eigenvalue weighted by molar-refractivity contribution is 9.10. The zero-order valence-electron chi connectivity index (χ0n) is 16.3. The van der Waals surface area contributed by atoms with Gasteiger partial charge in [-0.1, -0.05) is 77.5 Å². The van der Waals surface area contributed by atoms with Gasteiger partial charge >= 0.3 is 0 Å². The first-order valence-electron chi connectivity index (χ1n) is 9.75. The summed E-state index contributed by atoms with van der Waals surface area (Å²) in [5.41, 5.74) is 4.36. The number of rotatable bonds is 6. The minimum Gasteiger partial charge on any atom is -0.488 e. The first kappa shape index (κ1) is 19.4. The maximum absolute atomic E-state index is 6.20. The molecular weight excluding hydrogens is 422 g/mol. The Morgan fingerprint density at radius 1 is 0.897 bits per heavy atom. The zero-order chi connectivity index (χ0) is 20.1. The van der Waals surface area contributed by atoms with Crippen molar-refractivity contribution in [1.82, 2.24) is 0 Å². The third-order valence-electron chi connectivity index (χ3n) is 4.93. The van der Waals surface area contributed by atoms with E-state index >= 15 is 0 Å². The molecule has 0 saturated carbocycles. The molecule has 0 aromatic heterocycles. The van der Waals surface area contributed by atoms with Crippen LogP contribution in [0.3, 0.4) is 0 Å². The molecule has 2 nitrogen and oxygen atoms in total. The predicted molar refractivity (Wildman–Crippen MR) is 125 cm³/mol. The van der Waals surface area contributed by atoms with Crippen LogP contribution in [0, 0.1) is 0 Å². The number of benzene rings is 4. The molecule has 0 spiro atoms. The number of hydrogen-bond acceptors (Lipinski definition) is 2. The molecule has 0 aliphatic carbocycles. The Kier molecular flexibility index (Phi) is 6.06. The highest BCUT2D eigenvalue weighted by atomic mass is 79.9. The Morgan fingerprint density at radius 3 is 2.52 bits per heavy atom. The smallest absolute Gasteiger partial charge is 0.128 e. The second-order valence-corrected chi connectivity index (χ2v) is 7.80. The number of ether oxygens (including phenoxy) is 1. The molecule has 0 radical (unpaired) electrons. The normalized spacial score (nSPS) is 11.2. The molecule has 0 aliphatic heterocycles. The van der Waals surface area contributed by atoms with Crippen LogP contribution in [-0.4, -0.2) is 6.21 Å². The van der Waals surface area contributed by atoms with Gasteiger partial charge in [0.1, 0.15) is 12.4 Å². The van der Waals surface area contributed by atoms with Crippen molar-refractivity contribution in [3.05, 3.63) is 106 Å². The van der Waals surface area contributed by atoms with Crippen LogP contribution >= 0.6 is 15.9 Å². The molecule has 0 atom stereocenters. The average molecular weight is 444 g/mol. The van der Waals surface area contributed by atoms with E-state index in [1.165, 1.54) is 21.9 Å². The number of aryl methyl sites for hydroxylation is 1. The van der Waals surface area contributed by atoms with Gasteiger partial charge < -0.3 is 4.74 Å². The lowest BCUT2D eigenvalue weighted by atomic mass is 10.1. The second kappa shape index (κ2) is 9.06. The van der Waals surface area contributed by atoms with Gasteiger partial charge in [0, 0.05) is 16.3 Å². The standard InChI is InChI=1S/C26H22BrNO/c1-2-19-10-13-24(14-11-19)28-17-22-16-23(27)12-15-26(22)29-18-21-8-5-7-20-6-3-4-9-25(20)21/h3-17H,2,18H2,1H3. The molecule has 4 aromatic rings. The Balaban J connectivity index is 1.57. The fourth-order valence-electron chi connectivity index (χ4n) is 3.29. The molecule has 0 unspecified atom stereocenters. The van der Waals surface area contributed by atoms with Crippen molar-refractivity contribution < 1.29 is 4.74 Å². The molecule has 0 N–H and O–H groups in total. The quantitative estimate of drug-likeness (QED) is 0.282. The lowest BCUT2D eigenvalue weighted by Gasteiger charge is -2.11. The van der Waals surface area contributed by atoms with Crippen LogP contribution in [0.15, 0.2) is 94.4 Å². The van der Waals surface area contributed by atoms with Crippen LogP contribution in [0.1, 0.15) is 23.6 Å². The van der Waals surface area contributed by atoms with E-state index in [0.29, 0.717) is 6.61 Å². The molecular formula is C26H22BrNO. The van der Waals surface area contributed by atoms with E-state index < -0.39 is 0 Å². The molecule has 0 heterocycles. The van der Waals surface area contributed by atoms with Crippen molar-refractivity contribution in [2.75, 3.05) is 0 Å². The van der Waals surface area contributed by atoms with Crippen molar-refractivity contribution in [2.24, 2.45) is 4.99 Å². The Morgan fingerprint density at radius 2 is 1.69 bits per heavy atom. The van der Waals surface area contributed by atoms with Gasteiger partial charge in [-0.15, -0.1) is 0 Å². The van der Waals surface area contributed by atoms with Crippen molar-refractivity contribution >= 4 is 38.6 Å². The maximum Gasteiger partial charge on any atom is 0.128 e. The van der Waals surface area contributed by atoms with Gasteiger partial charge in [-0.2, -0.15) is 0 Å². The number of halogens is 1. The summed E-state index contributed by atoms with van der Waals surface area (Å²) in [7, 11) is 0. The monoisotopic (exact) mass is 443 g/mol. The summed E-state index contributed by atoms with van der Waals surface area (Å²) in [6, 6.07) is 29.0. The van der Waals surface area contributed by atoms with Gasteiger partial charge in [0.2, 0.25) is 0 Å². The van der Waals surface area contributed by atoms with Crippen LogP contribution < -0.4 is 4.74 Å². The highest BCUT2D eigenvalue weighted by Crippen LogP contribution is 2.25. The van der Waals surface area contributed by atoms with Gasteiger partial charge in [0.05, 0.1) is 5.69 Å². The Labute approximate surface area is 180 Å². The van der Waals surface area contributed by atoms with Gasteiger partial charge in [0.25, 0.3) is 0 Å². The topological polar surface area (TPSA) is 21.6 Å². The van der Waals surface area contributed by atoms with E-state index in [1.54, 1.807) is 0 Å². The fraction of sp³-hybridized carbons (Fsp3) is 0.115. The van der Waals surface area contributed by atoms with Gasteiger partial charge in [-0.25, -0.2) is 0 Å². The molecule has 0 fully saturated rings. The molecule has 144 valence electrons. The lowest BCUT2D eigenvalue weighted by molar-refractivity contribution is 0.307. The van der Waals surface area contributed by atoms with E-state index in [1.807, 2.05) is 36.5 Å². The van der Waals surface area contributed by atoms with E-state index in [9.17, 15) is 0 Å². The highest BCUT2D eigenvalue weighted by Gasteiger charge is 2.06. The molecule has 0 amide bonds. The van der Waals surface area contributed by atoms with E-state index in [4.69, 9.17) is 4.74 Å². The van der Waals surface area contributed by atoms with Crippen molar-refractivity contribution in [2.45, 2.75) is 20.0 Å². The zero-order valence-corrected chi connectivity index (χ0v) is 17.9. The average Bonchev–Trinajstić information content (AvgIpc) is 2.77. The van der Waals surface area contributed by atoms with E-state index in [2.05, 4.69) is 82.4 Å². The summed E-state index contributed by atoms with van der Waals surface area (Å²) in [5, 5.41) is 2.44. The number of nitrogens with zero attached hydrogens (tertiary/aromatic N) is 1. The minimum atomic E-state index is 0.509. The fourth-order valence-corrected chi connectivity index (χ4v) is 3.67. The van der Waals surface area contributed by atoms with Crippen molar-refractivity contribution in [3.63, 3.8) is 0 Å². The minimum absolute atomic E-state index is 0.509. The van der Waals surface area contributed by atoms with Gasteiger partial charge in [0.15, 0.2) is 0 Å². The first-order chi connectivity index (χ1) is 14.2. The van der Waals surface area contributed by atoms with E-state index in [0.717, 1.165) is 27.9 Å². The summed E-state index contributed by atoms with van der Waals surface area (Å²) in [4.78, 5) is 4.63. The SMILES string of the molecule is CCc1ccc(N=Cc2cc(Br)ccc2OCc2cccc3ccccc23)cc1. The van der Waals surface area contributed by atoms with E-state index in [-0.39, 0.29) is 0 Å². The number of aliphatic imine (C=N–C) groups is 1. The van der Waals surface area contributed by atoms with Gasteiger partial charge in [-0.3, -0.25) is 4.99 Å². The van der Waals surface area contributed by atoms with Crippen LogP contribution in [0.25, 0.3) is 10.8 Å². The van der Waals surface area contributed by atoms with Crippen LogP contribution in [-0.2, 0) is 13.0 Å². The Hall–Kier alpha value is -2.91. The van der Waals surface area contributed by atoms with Crippen molar-refractivity contribution in [3.8, 4) is 5.75 Å². The molecule has 4 rings (SSSR count). The summed E-state index contributed by atoms with van der Waals surface area (Å²) < 4.78 is 7.20. The molecule has 4 aromatic carbocycles. The summed E-state index contributed by atoms with van der Waals surface area (Å²) in [5.74, 6) is 0.815. The molecule has 3 heteroatoms. The summed E-state index contributed by atoms with van der Waals surface area (Å²) in [6.45, 7) is 2.66. The van der Waals surface area contributed by atoms with Crippen LogP contribution in [0.5, 0.6) is 5.75 Å². The number of hydrogen-bond donors (Lipinski definition) is 0.